The second-order valence-electron chi connectivity index (χ2n) is 11.1. The van der Waals surface area contributed by atoms with Gasteiger partial charge in [-0.05, 0) is 82.0 Å². The third-order valence-corrected chi connectivity index (χ3v) is 7.20. The van der Waals surface area contributed by atoms with Gasteiger partial charge in [-0.15, -0.1) is 0 Å². The van der Waals surface area contributed by atoms with Gasteiger partial charge in [-0.2, -0.15) is 0 Å². The standard InChI is InChI=1S/C31H34FN3O4/c1-30(2,33)19-15-24(22-17-34-29-21(22)6-5-7-23(29)32)35-28(16-19)31(3,37)13-12-25(36)18-8-11-26(27(14-18)38-4)39-20-9-10-20/h5-8,11,14-17,20,34,37H,9-10,12-13,33H2,1-4H3. The highest BCUT2D eigenvalue weighted by Gasteiger charge is 2.30. The minimum Gasteiger partial charge on any atom is -0.493 e. The molecule has 7 nitrogen and oxygen atoms in total. The number of hydrogen-bond donors (Lipinski definition) is 3. The van der Waals surface area contributed by atoms with E-state index in [1.165, 1.54) is 6.07 Å². The zero-order valence-electron chi connectivity index (χ0n) is 22.7. The average molecular weight is 532 g/mol. The number of fused-ring (bicyclic) bond motifs is 1. The predicted octanol–water partition coefficient (Wildman–Crippen LogP) is 5.98. The Kier molecular flexibility index (Phi) is 6.95. The highest BCUT2D eigenvalue weighted by atomic mass is 19.1. The molecule has 8 heteroatoms. The van der Waals surface area contributed by atoms with E-state index < -0.39 is 11.1 Å². The molecule has 1 aliphatic carbocycles. The average Bonchev–Trinajstić information content (AvgIpc) is 3.61. The van der Waals surface area contributed by atoms with Crippen LogP contribution in [-0.4, -0.2) is 34.1 Å². The molecular formula is C31H34FN3O4. The van der Waals surface area contributed by atoms with Gasteiger partial charge in [0.25, 0.3) is 0 Å². The maximum atomic E-state index is 14.3. The van der Waals surface area contributed by atoms with E-state index in [2.05, 4.69) is 4.98 Å². The SMILES string of the molecule is COc1cc(C(=O)CCC(C)(O)c2cc(C(C)(C)N)cc(-c3c[nH]c4c(F)cccc34)n2)ccc1OC1CC1. The van der Waals surface area contributed by atoms with Crippen LogP contribution >= 0.6 is 0 Å². The number of carbonyl (C=O) groups excluding carboxylic acids is 1. The van der Waals surface area contributed by atoms with Crippen molar-refractivity contribution in [1.29, 1.82) is 0 Å². The Bertz CT molecular complexity index is 1530. The van der Waals surface area contributed by atoms with Gasteiger partial charge in [0, 0.05) is 34.7 Å². The number of Topliss-reactive ketones (excluding diaryl/α,β-unsaturated/α-hetero) is 1. The van der Waals surface area contributed by atoms with E-state index >= 15 is 0 Å². The Morgan fingerprint density at radius 2 is 1.92 bits per heavy atom. The molecular weight excluding hydrogens is 497 g/mol. The number of ketones is 1. The second kappa shape index (κ2) is 10.1. The summed E-state index contributed by atoms with van der Waals surface area (Å²) >= 11 is 0. The molecule has 2 aromatic carbocycles. The van der Waals surface area contributed by atoms with Crippen LogP contribution in [0.25, 0.3) is 22.2 Å². The lowest BCUT2D eigenvalue weighted by Gasteiger charge is -2.27. The van der Waals surface area contributed by atoms with Crippen LogP contribution < -0.4 is 15.2 Å². The van der Waals surface area contributed by atoms with E-state index in [1.54, 1.807) is 50.6 Å². The number of hydrogen-bond acceptors (Lipinski definition) is 6. The van der Waals surface area contributed by atoms with Crippen molar-refractivity contribution in [2.24, 2.45) is 5.73 Å². The van der Waals surface area contributed by atoms with Crippen molar-refractivity contribution in [2.75, 3.05) is 7.11 Å². The molecule has 1 aliphatic rings. The molecule has 4 N–H and O–H groups in total. The number of benzene rings is 2. The predicted molar refractivity (Wildman–Crippen MR) is 148 cm³/mol. The molecule has 2 heterocycles. The Morgan fingerprint density at radius 1 is 1.15 bits per heavy atom. The number of nitrogens with zero attached hydrogens (tertiary/aromatic N) is 1. The van der Waals surface area contributed by atoms with Crippen molar-refractivity contribution in [1.82, 2.24) is 9.97 Å². The van der Waals surface area contributed by atoms with Crippen LogP contribution in [0.3, 0.4) is 0 Å². The number of halogens is 1. The largest absolute Gasteiger partial charge is 0.493 e. The number of nitrogens with two attached hydrogens (primary N) is 1. The van der Waals surface area contributed by atoms with Crippen LogP contribution in [0, 0.1) is 5.82 Å². The van der Waals surface area contributed by atoms with Gasteiger partial charge in [0.2, 0.25) is 0 Å². The molecule has 2 aromatic heterocycles. The highest BCUT2D eigenvalue weighted by molar-refractivity contribution is 5.97. The first-order valence-corrected chi connectivity index (χ1v) is 13.1. The van der Waals surface area contributed by atoms with Gasteiger partial charge >= 0.3 is 0 Å². The summed E-state index contributed by atoms with van der Waals surface area (Å²) in [5.74, 6) is 0.648. The number of aliphatic hydroxyl groups is 1. The summed E-state index contributed by atoms with van der Waals surface area (Å²) in [5.41, 5.74) is 7.56. The van der Waals surface area contributed by atoms with Gasteiger partial charge in [-0.3, -0.25) is 4.79 Å². The Morgan fingerprint density at radius 3 is 2.62 bits per heavy atom. The molecule has 0 radical (unpaired) electrons. The van der Waals surface area contributed by atoms with Crippen molar-refractivity contribution in [3.63, 3.8) is 0 Å². The van der Waals surface area contributed by atoms with E-state index in [9.17, 15) is 14.3 Å². The number of para-hydroxylation sites is 1. The zero-order valence-corrected chi connectivity index (χ0v) is 22.7. The fourth-order valence-corrected chi connectivity index (χ4v) is 4.58. The highest BCUT2D eigenvalue weighted by Crippen LogP contribution is 2.36. The number of carbonyl (C=O) groups is 1. The van der Waals surface area contributed by atoms with Crippen LogP contribution in [0.5, 0.6) is 11.5 Å². The summed E-state index contributed by atoms with van der Waals surface area (Å²) in [5, 5.41) is 12.2. The summed E-state index contributed by atoms with van der Waals surface area (Å²) in [6, 6.07) is 13.7. The van der Waals surface area contributed by atoms with Crippen LogP contribution in [0.1, 0.15) is 68.1 Å². The molecule has 0 spiro atoms. The number of methoxy groups -OCH3 is 1. The summed E-state index contributed by atoms with van der Waals surface area (Å²) < 4.78 is 25.6. The van der Waals surface area contributed by atoms with E-state index in [1.807, 2.05) is 26.0 Å². The fraction of sp³-hybridized carbons (Fsp3) is 0.355. The Balaban J connectivity index is 1.42. The number of nitrogens with one attached hydrogen (secondary N) is 1. The first-order valence-electron chi connectivity index (χ1n) is 13.1. The van der Waals surface area contributed by atoms with Crippen LogP contribution in [0.4, 0.5) is 4.39 Å². The number of pyridine rings is 1. The lowest BCUT2D eigenvalue weighted by Crippen LogP contribution is -2.31. The minimum atomic E-state index is -1.43. The smallest absolute Gasteiger partial charge is 0.163 e. The molecule has 0 aliphatic heterocycles. The van der Waals surface area contributed by atoms with E-state index in [-0.39, 0.29) is 30.5 Å². The lowest BCUT2D eigenvalue weighted by molar-refractivity contribution is 0.0396. The number of rotatable bonds is 10. The molecule has 5 rings (SSSR count). The first-order chi connectivity index (χ1) is 18.5. The van der Waals surface area contributed by atoms with Crippen LogP contribution in [0.15, 0.2) is 54.7 Å². The molecule has 0 saturated heterocycles. The fourth-order valence-electron chi connectivity index (χ4n) is 4.58. The molecule has 1 fully saturated rings. The Hall–Kier alpha value is -3.75. The van der Waals surface area contributed by atoms with Crippen molar-refractivity contribution >= 4 is 16.7 Å². The maximum Gasteiger partial charge on any atom is 0.163 e. The third kappa shape index (κ3) is 5.67. The van der Waals surface area contributed by atoms with E-state index in [0.29, 0.717) is 44.9 Å². The number of aromatic nitrogens is 2. The monoisotopic (exact) mass is 531 g/mol. The number of ether oxygens (including phenoxy) is 2. The van der Waals surface area contributed by atoms with E-state index in [4.69, 9.17) is 20.2 Å². The number of aromatic amines is 1. The van der Waals surface area contributed by atoms with Gasteiger partial charge in [0.05, 0.1) is 30.1 Å². The van der Waals surface area contributed by atoms with Crippen molar-refractivity contribution in [3.05, 3.63) is 77.4 Å². The third-order valence-electron chi connectivity index (χ3n) is 7.20. The van der Waals surface area contributed by atoms with Crippen molar-refractivity contribution in [3.8, 4) is 22.8 Å². The van der Waals surface area contributed by atoms with E-state index in [0.717, 1.165) is 18.4 Å². The van der Waals surface area contributed by atoms with Gasteiger partial charge in [0.15, 0.2) is 17.3 Å². The summed E-state index contributed by atoms with van der Waals surface area (Å²) in [7, 11) is 1.55. The summed E-state index contributed by atoms with van der Waals surface area (Å²) in [4.78, 5) is 20.9. The topological polar surface area (TPSA) is 110 Å². The second-order valence-corrected chi connectivity index (χ2v) is 11.1. The summed E-state index contributed by atoms with van der Waals surface area (Å²) in [6.45, 7) is 5.38. The maximum absolute atomic E-state index is 14.3. The molecule has 1 atom stereocenters. The van der Waals surface area contributed by atoms with Crippen LogP contribution in [0.2, 0.25) is 0 Å². The molecule has 0 amide bonds. The van der Waals surface area contributed by atoms with Gasteiger partial charge in [-0.25, -0.2) is 9.37 Å². The molecule has 0 bridgehead atoms. The van der Waals surface area contributed by atoms with Gasteiger partial charge < -0.3 is 25.3 Å². The molecule has 204 valence electrons. The van der Waals surface area contributed by atoms with Crippen molar-refractivity contribution in [2.45, 2.75) is 63.7 Å². The Labute approximate surface area is 227 Å². The van der Waals surface area contributed by atoms with Crippen LogP contribution in [-0.2, 0) is 11.1 Å². The normalized spacial score (nSPS) is 15.3. The quantitative estimate of drug-likeness (QED) is 0.217. The number of H-pyrrole nitrogens is 1. The summed E-state index contributed by atoms with van der Waals surface area (Å²) in [6.07, 6.45) is 4.19. The minimum absolute atomic E-state index is 0.0878. The van der Waals surface area contributed by atoms with Crippen molar-refractivity contribution < 1.29 is 23.8 Å². The zero-order chi connectivity index (χ0) is 27.9. The molecule has 39 heavy (non-hydrogen) atoms. The lowest BCUT2D eigenvalue weighted by atomic mass is 9.88. The molecule has 4 aromatic rings. The van der Waals surface area contributed by atoms with Gasteiger partial charge in [0.1, 0.15) is 11.4 Å². The first kappa shape index (κ1) is 26.8. The molecule has 1 unspecified atom stereocenters. The molecule has 1 saturated carbocycles. The van der Waals surface area contributed by atoms with Gasteiger partial charge in [-0.1, -0.05) is 12.1 Å².